The Morgan fingerprint density at radius 1 is 1.00 bits per heavy atom. The van der Waals surface area contributed by atoms with E-state index in [1.165, 1.54) is 29.7 Å². The second-order valence-electron chi connectivity index (χ2n) is 8.33. The van der Waals surface area contributed by atoms with Crippen molar-refractivity contribution in [3.8, 4) is 0 Å². The number of ketones is 1. The van der Waals surface area contributed by atoms with Crippen LogP contribution in [0.25, 0.3) is 0 Å². The SMILES string of the molecule is Cc1ccc(C(=O)[C@H]2CC[C@@H](C(=O)Nc3ccc(S(=O)(=O)Nc4nccs4)cc3)C2)cc1C. The molecule has 33 heavy (non-hydrogen) atoms. The fourth-order valence-corrected chi connectivity index (χ4v) is 5.79. The molecular formula is C24H25N3O4S2. The van der Waals surface area contributed by atoms with Gasteiger partial charge in [-0.15, -0.1) is 11.3 Å². The van der Waals surface area contributed by atoms with Crippen LogP contribution < -0.4 is 10.0 Å². The number of hydrogen-bond acceptors (Lipinski definition) is 6. The van der Waals surface area contributed by atoms with E-state index >= 15 is 0 Å². The summed E-state index contributed by atoms with van der Waals surface area (Å²) < 4.78 is 27.3. The molecule has 172 valence electrons. The number of rotatable bonds is 7. The quantitative estimate of drug-likeness (QED) is 0.470. The van der Waals surface area contributed by atoms with Gasteiger partial charge in [0.1, 0.15) is 0 Å². The fourth-order valence-electron chi connectivity index (χ4n) is 4.00. The van der Waals surface area contributed by atoms with Gasteiger partial charge in [-0.05, 0) is 74.6 Å². The number of Topliss-reactive ketones (excluding diaryl/α,β-unsaturated/α-hetero) is 1. The average molecular weight is 484 g/mol. The molecule has 0 radical (unpaired) electrons. The van der Waals surface area contributed by atoms with E-state index in [0.29, 0.717) is 35.6 Å². The van der Waals surface area contributed by atoms with Crippen molar-refractivity contribution in [3.05, 3.63) is 70.7 Å². The fraction of sp³-hybridized carbons (Fsp3) is 0.292. The van der Waals surface area contributed by atoms with Gasteiger partial charge in [-0.3, -0.25) is 14.3 Å². The number of hydrogen-bond donors (Lipinski definition) is 2. The van der Waals surface area contributed by atoms with E-state index in [2.05, 4.69) is 15.0 Å². The topological polar surface area (TPSA) is 105 Å². The summed E-state index contributed by atoms with van der Waals surface area (Å²) in [4.78, 5) is 29.6. The molecule has 1 aromatic heterocycles. The van der Waals surface area contributed by atoms with Crippen LogP contribution in [0.2, 0.25) is 0 Å². The van der Waals surface area contributed by atoms with Gasteiger partial charge in [0.05, 0.1) is 4.90 Å². The van der Waals surface area contributed by atoms with Gasteiger partial charge in [0, 0.05) is 34.7 Å². The van der Waals surface area contributed by atoms with Crippen molar-refractivity contribution in [1.82, 2.24) is 4.98 Å². The first kappa shape index (κ1) is 23.1. The number of benzene rings is 2. The minimum absolute atomic E-state index is 0.0793. The number of carbonyl (C=O) groups is 2. The molecule has 1 heterocycles. The molecule has 2 N–H and O–H groups in total. The van der Waals surface area contributed by atoms with Gasteiger partial charge >= 0.3 is 0 Å². The number of sulfonamides is 1. The summed E-state index contributed by atoms with van der Waals surface area (Å²) in [5.74, 6) is -0.467. The van der Waals surface area contributed by atoms with Crippen LogP contribution in [0.5, 0.6) is 0 Å². The van der Waals surface area contributed by atoms with Crippen molar-refractivity contribution in [1.29, 1.82) is 0 Å². The van der Waals surface area contributed by atoms with Crippen molar-refractivity contribution in [2.24, 2.45) is 11.8 Å². The van der Waals surface area contributed by atoms with Crippen LogP contribution in [0, 0.1) is 25.7 Å². The molecule has 1 aliphatic rings. The molecule has 4 rings (SSSR count). The van der Waals surface area contributed by atoms with Gasteiger partial charge in [0.25, 0.3) is 10.0 Å². The monoisotopic (exact) mass is 483 g/mol. The Morgan fingerprint density at radius 2 is 1.73 bits per heavy atom. The van der Waals surface area contributed by atoms with E-state index in [4.69, 9.17) is 0 Å². The minimum atomic E-state index is -3.75. The third-order valence-corrected chi connectivity index (χ3v) is 8.22. The molecule has 0 bridgehead atoms. The number of aryl methyl sites for hydroxylation is 2. The molecule has 0 saturated heterocycles. The van der Waals surface area contributed by atoms with E-state index in [0.717, 1.165) is 11.1 Å². The maximum atomic E-state index is 12.9. The van der Waals surface area contributed by atoms with Crippen molar-refractivity contribution in [3.63, 3.8) is 0 Å². The maximum Gasteiger partial charge on any atom is 0.263 e. The highest BCUT2D eigenvalue weighted by molar-refractivity contribution is 7.93. The molecular weight excluding hydrogens is 458 g/mol. The summed E-state index contributed by atoms with van der Waals surface area (Å²) in [6.07, 6.45) is 3.37. The molecule has 1 amide bonds. The molecule has 2 atom stereocenters. The third kappa shape index (κ3) is 5.31. The number of nitrogens with one attached hydrogen (secondary N) is 2. The van der Waals surface area contributed by atoms with E-state index in [1.54, 1.807) is 17.5 Å². The summed E-state index contributed by atoms with van der Waals surface area (Å²) in [6.45, 7) is 4.00. The predicted molar refractivity (Wildman–Crippen MR) is 129 cm³/mol. The third-order valence-electron chi connectivity index (χ3n) is 6.05. The molecule has 0 aliphatic heterocycles. The van der Waals surface area contributed by atoms with E-state index in [-0.39, 0.29) is 28.4 Å². The van der Waals surface area contributed by atoms with E-state index in [1.807, 2.05) is 32.0 Å². The van der Waals surface area contributed by atoms with Crippen LogP contribution in [0.1, 0.15) is 40.7 Å². The first-order valence-electron chi connectivity index (χ1n) is 10.7. The summed E-state index contributed by atoms with van der Waals surface area (Å²) in [6, 6.07) is 11.7. The van der Waals surface area contributed by atoms with Crippen molar-refractivity contribution < 1.29 is 18.0 Å². The molecule has 7 nitrogen and oxygen atoms in total. The molecule has 2 aromatic carbocycles. The van der Waals surface area contributed by atoms with E-state index < -0.39 is 10.0 Å². The highest BCUT2D eigenvalue weighted by Crippen LogP contribution is 2.34. The zero-order valence-electron chi connectivity index (χ0n) is 18.4. The number of anilines is 2. The lowest BCUT2D eigenvalue weighted by Gasteiger charge is -2.13. The lowest BCUT2D eigenvalue weighted by atomic mass is 9.93. The minimum Gasteiger partial charge on any atom is -0.326 e. The normalized spacial score (nSPS) is 18.1. The van der Waals surface area contributed by atoms with Crippen LogP contribution in [0.4, 0.5) is 10.8 Å². The second-order valence-corrected chi connectivity index (χ2v) is 10.9. The van der Waals surface area contributed by atoms with Crippen LogP contribution in [-0.2, 0) is 14.8 Å². The lowest BCUT2D eigenvalue weighted by Crippen LogP contribution is -2.22. The Bertz CT molecular complexity index is 1270. The second kappa shape index (κ2) is 9.44. The number of thiazole rings is 1. The lowest BCUT2D eigenvalue weighted by molar-refractivity contribution is -0.119. The summed E-state index contributed by atoms with van der Waals surface area (Å²) in [5.41, 5.74) is 3.44. The van der Waals surface area contributed by atoms with Crippen molar-refractivity contribution >= 4 is 43.9 Å². The van der Waals surface area contributed by atoms with Gasteiger partial charge in [0.15, 0.2) is 10.9 Å². The first-order chi connectivity index (χ1) is 15.7. The Morgan fingerprint density at radius 3 is 2.39 bits per heavy atom. The van der Waals surface area contributed by atoms with E-state index in [9.17, 15) is 18.0 Å². The smallest absolute Gasteiger partial charge is 0.263 e. The van der Waals surface area contributed by atoms with Crippen LogP contribution in [-0.4, -0.2) is 25.1 Å². The van der Waals surface area contributed by atoms with Gasteiger partial charge in [-0.1, -0.05) is 12.1 Å². The molecule has 0 unspecified atom stereocenters. The summed E-state index contributed by atoms with van der Waals surface area (Å²) in [7, 11) is -3.75. The van der Waals surface area contributed by atoms with Crippen molar-refractivity contribution in [2.75, 3.05) is 10.0 Å². The van der Waals surface area contributed by atoms with Gasteiger partial charge < -0.3 is 5.32 Å². The zero-order valence-corrected chi connectivity index (χ0v) is 20.0. The summed E-state index contributed by atoms with van der Waals surface area (Å²) >= 11 is 1.19. The molecule has 1 fully saturated rings. The Kier molecular flexibility index (Phi) is 6.62. The Hall–Kier alpha value is -3.04. The number of nitrogens with zero attached hydrogens (tertiary/aromatic N) is 1. The predicted octanol–water partition coefficient (Wildman–Crippen LogP) is 4.80. The zero-order chi connectivity index (χ0) is 23.6. The highest BCUT2D eigenvalue weighted by Gasteiger charge is 2.34. The number of aromatic nitrogens is 1. The standard InChI is InChI=1S/C24H25N3O4S2/c1-15-3-4-17(13-16(15)2)22(28)18-5-6-19(14-18)23(29)26-20-7-9-21(10-8-20)33(30,31)27-24-25-11-12-32-24/h3-4,7-13,18-19H,5-6,14H2,1-2H3,(H,25,27)(H,26,29)/t18-,19+/m0/s1. The molecule has 1 saturated carbocycles. The van der Waals surface area contributed by atoms with Crippen LogP contribution in [0.15, 0.2) is 58.9 Å². The Balaban J connectivity index is 1.35. The highest BCUT2D eigenvalue weighted by atomic mass is 32.2. The summed E-state index contributed by atoms with van der Waals surface area (Å²) in [5, 5.41) is 4.82. The van der Waals surface area contributed by atoms with Crippen LogP contribution >= 0.6 is 11.3 Å². The molecule has 0 spiro atoms. The first-order valence-corrected chi connectivity index (χ1v) is 13.0. The average Bonchev–Trinajstić information content (AvgIpc) is 3.47. The molecule has 3 aromatic rings. The van der Waals surface area contributed by atoms with Gasteiger partial charge in [-0.25, -0.2) is 13.4 Å². The maximum absolute atomic E-state index is 12.9. The van der Waals surface area contributed by atoms with Gasteiger partial charge in [-0.2, -0.15) is 0 Å². The molecule has 1 aliphatic carbocycles. The van der Waals surface area contributed by atoms with Crippen LogP contribution in [0.3, 0.4) is 0 Å². The number of amides is 1. The number of carbonyl (C=O) groups excluding carboxylic acids is 2. The largest absolute Gasteiger partial charge is 0.326 e. The van der Waals surface area contributed by atoms with Crippen molar-refractivity contribution in [2.45, 2.75) is 38.0 Å². The van der Waals surface area contributed by atoms with Gasteiger partial charge in [0.2, 0.25) is 5.91 Å². The Labute approximate surface area is 197 Å². The molecule has 9 heteroatoms.